The lowest BCUT2D eigenvalue weighted by Gasteiger charge is -2.46. The van der Waals surface area contributed by atoms with Crippen molar-refractivity contribution in [3.8, 4) is 10.4 Å². The van der Waals surface area contributed by atoms with Crippen LogP contribution in [-0.2, 0) is 16.0 Å². The Kier molecular flexibility index (Phi) is 6.91. The van der Waals surface area contributed by atoms with Crippen LogP contribution in [0.2, 0.25) is 0 Å². The molecule has 2 aromatic rings. The summed E-state index contributed by atoms with van der Waals surface area (Å²) in [6.45, 7) is 7.73. The summed E-state index contributed by atoms with van der Waals surface area (Å²) in [6, 6.07) is 13.6. The van der Waals surface area contributed by atoms with Crippen molar-refractivity contribution in [2.45, 2.75) is 58.0 Å². The topological polar surface area (TPSA) is 41.6 Å². The van der Waals surface area contributed by atoms with Crippen molar-refractivity contribution in [2.24, 2.45) is 5.41 Å². The molecule has 4 nitrogen and oxygen atoms in total. The number of thiophene rings is 1. The SMILES string of the molecule is CC(C)NC(=O)C1(Cc2ccccc2-c2cccs2)CCCN(C2CCOCC2)C1. The normalized spacial score (nSPS) is 23.6. The third kappa shape index (κ3) is 4.79. The number of carbonyl (C=O) groups excluding carboxylic acids is 1. The Bertz CT molecular complexity index is 829. The first-order valence-corrected chi connectivity index (χ1v) is 12.2. The van der Waals surface area contributed by atoms with Crippen molar-refractivity contribution in [3.63, 3.8) is 0 Å². The third-order valence-electron chi connectivity index (χ3n) is 6.55. The van der Waals surface area contributed by atoms with Crippen LogP contribution in [0.25, 0.3) is 10.4 Å². The van der Waals surface area contributed by atoms with Crippen molar-refractivity contribution >= 4 is 17.2 Å². The molecule has 0 bridgehead atoms. The van der Waals surface area contributed by atoms with Crippen molar-refractivity contribution < 1.29 is 9.53 Å². The van der Waals surface area contributed by atoms with Gasteiger partial charge in [-0.1, -0.05) is 30.3 Å². The van der Waals surface area contributed by atoms with Crippen LogP contribution < -0.4 is 5.32 Å². The summed E-state index contributed by atoms with van der Waals surface area (Å²) in [4.78, 5) is 17.5. The molecule has 1 aromatic carbocycles. The molecule has 1 amide bonds. The Morgan fingerprint density at radius 3 is 2.77 bits per heavy atom. The van der Waals surface area contributed by atoms with Gasteiger partial charge in [-0.05, 0) is 75.1 Å². The van der Waals surface area contributed by atoms with E-state index in [2.05, 4.69) is 65.8 Å². The zero-order valence-corrected chi connectivity index (χ0v) is 19.0. The van der Waals surface area contributed by atoms with Crippen LogP contribution in [0.1, 0.15) is 45.1 Å². The van der Waals surface area contributed by atoms with Crippen molar-refractivity contribution in [1.82, 2.24) is 10.2 Å². The number of ether oxygens (including phenoxy) is 1. The van der Waals surface area contributed by atoms with E-state index in [1.165, 1.54) is 16.0 Å². The summed E-state index contributed by atoms with van der Waals surface area (Å²) >= 11 is 1.77. The molecule has 2 aliphatic rings. The predicted molar refractivity (Wildman–Crippen MR) is 124 cm³/mol. The first kappa shape index (κ1) is 21.5. The molecule has 1 atom stereocenters. The van der Waals surface area contributed by atoms with E-state index in [4.69, 9.17) is 4.74 Å². The van der Waals surface area contributed by atoms with Crippen LogP contribution in [-0.4, -0.2) is 49.2 Å². The van der Waals surface area contributed by atoms with Crippen LogP contribution in [0.3, 0.4) is 0 Å². The van der Waals surface area contributed by atoms with Gasteiger partial charge in [0, 0.05) is 36.7 Å². The molecule has 2 aliphatic heterocycles. The number of nitrogens with zero attached hydrogens (tertiary/aromatic N) is 1. The second kappa shape index (κ2) is 9.63. The van der Waals surface area contributed by atoms with Gasteiger partial charge in [0.1, 0.15) is 0 Å². The largest absolute Gasteiger partial charge is 0.381 e. The van der Waals surface area contributed by atoms with Crippen LogP contribution in [0.15, 0.2) is 41.8 Å². The van der Waals surface area contributed by atoms with Gasteiger partial charge in [0.25, 0.3) is 0 Å². The van der Waals surface area contributed by atoms with Crippen molar-refractivity contribution in [2.75, 3.05) is 26.3 Å². The standard InChI is InChI=1S/C25H34N2O2S/c1-19(2)26-24(28)25(12-6-13-27(18-25)21-10-14-29-15-11-21)17-20-7-3-4-8-22(20)23-9-5-16-30-23/h3-5,7-9,16,19,21H,6,10-15,17-18H2,1-2H3,(H,26,28). The van der Waals surface area contributed by atoms with Gasteiger partial charge in [-0.15, -0.1) is 11.3 Å². The van der Waals surface area contributed by atoms with E-state index in [1.54, 1.807) is 11.3 Å². The minimum absolute atomic E-state index is 0.153. The third-order valence-corrected chi connectivity index (χ3v) is 7.45. The summed E-state index contributed by atoms with van der Waals surface area (Å²) in [6.07, 6.45) is 4.97. The number of hydrogen-bond acceptors (Lipinski definition) is 4. The summed E-state index contributed by atoms with van der Waals surface area (Å²) in [5.74, 6) is 0.218. The van der Waals surface area contributed by atoms with Gasteiger partial charge < -0.3 is 10.1 Å². The second-order valence-electron chi connectivity index (χ2n) is 9.14. The molecule has 0 aliphatic carbocycles. The number of likely N-dealkylation sites (tertiary alicyclic amines) is 1. The van der Waals surface area contributed by atoms with Crippen LogP contribution in [0.4, 0.5) is 0 Å². The fraction of sp³-hybridized carbons (Fsp3) is 0.560. The highest BCUT2D eigenvalue weighted by Gasteiger charge is 2.44. The molecule has 162 valence electrons. The van der Waals surface area contributed by atoms with Gasteiger partial charge >= 0.3 is 0 Å². The van der Waals surface area contributed by atoms with Gasteiger partial charge in [-0.2, -0.15) is 0 Å². The minimum Gasteiger partial charge on any atom is -0.381 e. The highest BCUT2D eigenvalue weighted by atomic mass is 32.1. The molecular weight excluding hydrogens is 392 g/mol. The average molecular weight is 427 g/mol. The maximum atomic E-state index is 13.6. The van der Waals surface area contributed by atoms with Gasteiger partial charge in [-0.25, -0.2) is 0 Å². The maximum Gasteiger partial charge on any atom is 0.228 e. The Labute approximate surface area is 184 Å². The Morgan fingerprint density at radius 2 is 2.03 bits per heavy atom. The molecular formula is C25H34N2O2S. The number of nitrogens with one attached hydrogen (secondary N) is 1. The lowest BCUT2D eigenvalue weighted by molar-refractivity contribution is -0.136. The van der Waals surface area contributed by atoms with E-state index >= 15 is 0 Å². The maximum absolute atomic E-state index is 13.6. The summed E-state index contributed by atoms with van der Waals surface area (Å²) < 4.78 is 5.59. The second-order valence-corrected chi connectivity index (χ2v) is 10.1. The van der Waals surface area contributed by atoms with E-state index in [0.29, 0.717) is 6.04 Å². The monoisotopic (exact) mass is 426 g/mol. The first-order chi connectivity index (χ1) is 14.6. The molecule has 1 unspecified atom stereocenters. The molecule has 2 saturated heterocycles. The van der Waals surface area contributed by atoms with E-state index in [-0.39, 0.29) is 17.4 Å². The first-order valence-electron chi connectivity index (χ1n) is 11.3. The summed E-state index contributed by atoms with van der Waals surface area (Å²) in [5, 5.41) is 5.39. The highest BCUT2D eigenvalue weighted by Crippen LogP contribution is 2.39. The molecule has 0 spiro atoms. The van der Waals surface area contributed by atoms with Gasteiger partial charge in [0.15, 0.2) is 0 Å². The van der Waals surface area contributed by atoms with Crippen molar-refractivity contribution in [3.05, 3.63) is 47.3 Å². The number of piperidine rings is 1. The molecule has 0 radical (unpaired) electrons. The zero-order chi connectivity index (χ0) is 21.0. The highest BCUT2D eigenvalue weighted by molar-refractivity contribution is 7.13. The number of benzene rings is 1. The molecule has 4 rings (SSSR count). The van der Waals surface area contributed by atoms with E-state index in [0.717, 1.165) is 58.4 Å². The fourth-order valence-corrected chi connectivity index (χ4v) is 5.85. The average Bonchev–Trinajstić information content (AvgIpc) is 3.29. The zero-order valence-electron chi connectivity index (χ0n) is 18.2. The molecule has 2 fully saturated rings. The fourth-order valence-electron chi connectivity index (χ4n) is 5.07. The number of rotatable bonds is 6. The minimum atomic E-state index is -0.381. The Balaban J connectivity index is 1.64. The summed E-state index contributed by atoms with van der Waals surface area (Å²) in [5.41, 5.74) is 2.17. The molecule has 1 aromatic heterocycles. The Morgan fingerprint density at radius 1 is 1.23 bits per heavy atom. The van der Waals surface area contributed by atoms with Gasteiger partial charge in [-0.3, -0.25) is 9.69 Å². The quantitative estimate of drug-likeness (QED) is 0.725. The molecule has 30 heavy (non-hydrogen) atoms. The van der Waals surface area contributed by atoms with E-state index < -0.39 is 0 Å². The summed E-state index contributed by atoms with van der Waals surface area (Å²) in [7, 11) is 0. The number of amides is 1. The van der Waals surface area contributed by atoms with Gasteiger partial charge in [0.2, 0.25) is 5.91 Å². The van der Waals surface area contributed by atoms with Crippen LogP contribution >= 0.6 is 11.3 Å². The van der Waals surface area contributed by atoms with Crippen LogP contribution in [0, 0.1) is 5.41 Å². The number of hydrogen-bond donors (Lipinski definition) is 1. The number of carbonyl (C=O) groups is 1. The van der Waals surface area contributed by atoms with Gasteiger partial charge in [0.05, 0.1) is 5.41 Å². The van der Waals surface area contributed by atoms with E-state index in [9.17, 15) is 4.79 Å². The Hall–Kier alpha value is -1.69. The molecule has 1 N–H and O–H groups in total. The smallest absolute Gasteiger partial charge is 0.228 e. The van der Waals surface area contributed by atoms with Crippen molar-refractivity contribution in [1.29, 1.82) is 0 Å². The molecule has 3 heterocycles. The van der Waals surface area contributed by atoms with E-state index in [1.807, 2.05) is 0 Å². The molecule has 0 saturated carbocycles. The lowest BCUT2D eigenvalue weighted by atomic mass is 9.72. The lowest BCUT2D eigenvalue weighted by Crippen LogP contribution is -2.57. The predicted octanol–water partition coefficient (Wildman–Crippen LogP) is 4.74. The van der Waals surface area contributed by atoms with Crippen LogP contribution in [0.5, 0.6) is 0 Å². The molecule has 5 heteroatoms.